The normalized spacial score (nSPS) is 22.7. The number of carbonyl (C=O) groups excluding carboxylic acids is 1. The number of hydrogen-bond acceptors (Lipinski definition) is 6. The Hall–Kier alpha value is -4.47. The minimum atomic E-state index is -1.12. The van der Waals surface area contributed by atoms with Crippen molar-refractivity contribution in [2.24, 2.45) is 0 Å². The van der Waals surface area contributed by atoms with E-state index in [4.69, 9.17) is 27.9 Å². The molecular formula is C35H31ClF4N6O2. The standard InChI is InChI=1S/C35H31ClF4N6O2/c1-20(37)33(47)46-12-11-44(18-23(46)16-41-2)32-26-13-28(40)25(24-6-3-5-21-7-8-27(39)31(36)30(21)24)14-29(26)42-34(43-32)48-19-35-9-4-10-45(35)17-22(38)15-35/h3,5-8,13-14,22-23H,1,4,9-12,15-19H2/t22-,23+,35+/m1/s1. The van der Waals surface area contributed by atoms with Gasteiger partial charge in [-0.05, 0) is 48.5 Å². The van der Waals surface area contributed by atoms with Crippen molar-refractivity contribution in [2.75, 3.05) is 50.8 Å². The summed E-state index contributed by atoms with van der Waals surface area (Å²) >= 11 is 6.40. The molecule has 8 nitrogen and oxygen atoms in total. The molecular weight excluding hydrogens is 648 g/mol. The fraction of sp³-hybridized carbons (Fsp3) is 0.371. The number of nitrogens with zero attached hydrogens (tertiary/aromatic N) is 6. The van der Waals surface area contributed by atoms with Crippen molar-refractivity contribution in [3.8, 4) is 17.1 Å². The molecule has 4 heterocycles. The van der Waals surface area contributed by atoms with E-state index in [0.717, 1.165) is 19.4 Å². The number of aromatic nitrogens is 2. The number of anilines is 1. The van der Waals surface area contributed by atoms with Crippen LogP contribution in [0.1, 0.15) is 19.3 Å². The zero-order chi connectivity index (χ0) is 33.7. The van der Waals surface area contributed by atoms with Gasteiger partial charge in [-0.1, -0.05) is 42.4 Å². The van der Waals surface area contributed by atoms with Crippen LogP contribution in [0, 0.1) is 18.2 Å². The van der Waals surface area contributed by atoms with Crippen LogP contribution in [0.15, 0.2) is 54.9 Å². The number of rotatable bonds is 7. The van der Waals surface area contributed by atoms with Gasteiger partial charge in [-0.2, -0.15) is 9.97 Å². The molecule has 0 bridgehead atoms. The van der Waals surface area contributed by atoms with E-state index in [1.54, 1.807) is 29.2 Å². The molecule has 4 aromatic rings. The van der Waals surface area contributed by atoms with E-state index in [2.05, 4.69) is 21.3 Å². The van der Waals surface area contributed by atoms with Gasteiger partial charge in [0, 0.05) is 48.9 Å². The first-order chi connectivity index (χ1) is 23.1. The number of piperazine rings is 1. The largest absolute Gasteiger partial charge is 0.461 e. The van der Waals surface area contributed by atoms with Gasteiger partial charge in [-0.15, -0.1) is 0 Å². The Labute approximate surface area is 279 Å². The summed E-state index contributed by atoms with van der Waals surface area (Å²) in [6, 6.07) is 10.1. The molecule has 0 N–H and O–H groups in total. The molecule has 3 saturated heterocycles. The zero-order valence-corrected chi connectivity index (χ0v) is 26.6. The molecule has 1 amide bonds. The van der Waals surface area contributed by atoms with E-state index in [1.165, 1.54) is 23.1 Å². The van der Waals surface area contributed by atoms with Crippen LogP contribution in [0.25, 0.3) is 37.6 Å². The molecule has 0 spiro atoms. The van der Waals surface area contributed by atoms with Gasteiger partial charge < -0.3 is 19.4 Å². The summed E-state index contributed by atoms with van der Waals surface area (Å²) in [6.07, 6.45) is 1.09. The molecule has 3 fully saturated rings. The maximum atomic E-state index is 16.2. The fourth-order valence-corrected chi connectivity index (χ4v) is 7.81. The number of carbonyl (C=O) groups is 1. The summed E-state index contributed by atoms with van der Waals surface area (Å²) in [6.45, 7) is 12.1. The van der Waals surface area contributed by atoms with Crippen LogP contribution in [0.2, 0.25) is 5.02 Å². The molecule has 3 atom stereocenters. The topological polar surface area (TPSA) is 66.2 Å². The summed E-state index contributed by atoms with van der Waals surface area (Å²) in [5.74, 6) is -2.96. The number of halogens is 5. The van der Waals surface area contributed by atoms with E-state index < -0.39 is 41.1 Å². The smallest absolute Gasteiger partial charge is 0.319 e. The zero-order valence-electron chi connectivity index (χ0n) is 25.9. The summed E-state index contributed by atoms with van der Waals surface area (Å²) in [5.41, 5.74) is 0.353. The minimum absolute atomic E-state index is 0.00189. The Morgan fingerprint density at radius 2 is 1.94 bits per heavy atom. The van der Waals surface area contributed by atoms with E-state index in [1.807, 2.05) is 0 Å². The Morgan fingerprint density at radius 3 is 2.73 bits per heavy atom. The predicted molar refractivity (Wildman–Crippen MR) is 175 cm³/mol. The molecule has 3 aromatic carbocycles. The number of fused-ring (bicyclic) bond motifs is 3. The monoisotopic (exact) mass is 678 g/mol. The van der Waals surface area contributed by atoms with E-state index in [0.29, 0.717) is 46.0 Å². The Morgan fingerprint density at radius 1 is 1.10 bits per heavy atom. The van der Waals surface area contributed by atoms with Gasteiger partial charge in [0.15, 0.2) is 5.83 Å². The third kappa shape index (κ3) is 5.58. The van der Waals surface area contributed by atoms with Crippen molar-refractivity contribution < 1.29 is 27.1 Å². The van der Waals surface area contributed by atoms with Crippen LogP contribution in [-0.4, -0.2) is 89.3 Å². The van der Waals surface area contributed by atoms with Crippen molar-refractivity contribution >= 4 is 45.0 Å². The first-order valence-corrected chi connectivity index (χ1v) is 16.1. The van der Waals surface area contributed by atoms with Crippen molar-refractivity contribution in [1.29, 1.82) is 0 Å². The van der Waals surface area contributed by atoms with Gasteiger partial charge in [0.25, 0.3) is 5.91 Å². The Bertz CT molecular complexity index is 2010. The molecule has 1 aromatic heterocycles. The Kier molecular flexibility index (Phi) is 8.37. The second-order valence-electron chi connectivity index (χ2n) is 12.7. The minimum Gasteiger partial charge on any atom is -0.461 e. The van der Waals surface area contributed by atoms with Gasteiger partial charge in [-0.25, -0.2) is 24.1 Å². The van der Waals surface area contributed by atoms with Gasteiger partial charge in [0.05, 0.1) is 16.1 Å². The van der Waals surface area contributed by atoms with Crippen LogP contribution >= 0.6 is 11.6 Å². The van der Waals surface area contributed by atoms with Crippen LogP contribution in [0.3, 0.4) is 0 Å². The number of hydrogen-bond donors (Lipinski definition) is 0. The van der Waals surface area contributed by atoms with Gasteiger partial charge >= 0.3 is 6.01 Å². The molecule has 248 valence electrons. The summed E-state index contributed by atoms with van der Waals surface area (Å²) < 4.78 is 65.3. The summed E-state index contributed by atoms with van der Waals surface area (Å²) in [5, 5.41) is 1.18. The van der Waals surface area contributed by atoms with Crippen LogP contribution < -0.4 is 9.64 Å². The van der Waals surface area contributed by atoms with Crippen molar-refractivity contribution in [2.45, 2.75) is 37.0 Å². The van der Waals surface area contributed by atoms with Gasteiger partial charge in [-0.3, -0.25) is 9.69 Å². The highest BCUT2D eigenvalue weighted by atomic mass is 35.5. The average Bonchev–Trinajstić information content (AvgIpc) is 3.60. The number of amides is 1. The highest BCUT2D eigenvalue weighted by Gasteiger charge is 2.49. The third-order valence-electron chi connectivity index (χ3n) is 9.78. The number of ether oxygens (including phenoxy) is 1. The molecule has 3 aliphatic rings. The van der Waals surface area contributed by atoms with Crippen LogP contribution in [0.5, 0.6) is 6.01 Å². The lowest BCUT2D eigenvalue weighted by atomic mass is 9.95. The van der Waals surface area contributed by atoms with Gasteiger partial charge in [0.1, 0.15) is 36.3 Å². The quantitative estimate of drug-likeness (QED) is 0.122. The molecule has 13 heteroatoms. The second kappa shape index (κ2) is 12.5. The van der Waals surface area contributed by atoms with E-state index >= 15 is 4.39 Å². The lowest BCUT2D eigenvalue weighted by Gasteiger charge is -2.39. The Balaban J connectivity index is 1.33. The number of alkyl halides is 1. The van der Waals surface area contributed by atoms with Crippen molar-refractivity contribution in [1.82, 2.24) is 19.8 Å². The van der Waals surface area contributed by atoms with Crippen molar-refractivity contribution in [3.05, 3.63) is 82.9 Å². The molecule has 3 aliphatic heterocycles. The maximum absolute atomic E-state index is 16.2. The fourth-order valence-electron chi connectivity index (χ4n) is 7.54. The molecule has 0 aliphatic carbocycles. The van der Waals surface area contributed by atoms with Gasteiger partial charge in [0.2, 0.25) is 6.54 Å². The highest BCUT2D eigenvalue weighted by Crippen LogP contribution is 2.42. The van der Waals surface area contributed by atoms with E-state index in [-0.39, 0.29) is 49.4 Å². The molecule has 0 saturated carbocycles. The second-order valence-corrected chi connectivity index (χ2v) is 13.0. The highest BCUT2D eigenvalue weighted by molar-refractivity contribution is 6.37. The SMILES string of the molecule is [C-]#[N+]C[C@H]1CN(c2nc(OC[C@@]34CCCN3C[C@H](F)C4)nc3cc(-c4cccc5ccc(F)c(Cl)c45)c(F)cc23)CCN1C(=O)C(=C)F. The average molecular weight is 679 g/mol. The van der Waals surface area contributed by atoms with Crippen molar-refractivity contribution in [3.63, 3.8) is 0 Å². The first-order valence-electron chi connectivity index (χ1n) is 15.7. The molecule has 48 heavy (non-hydrogen) atoms. The first kappa shape index (κ1) is 32.1. The lowest BCUT2D eigenvalue weighted by Crippen LogP contribution is -2.56. The van der Waals surface area contributed by atoms with Crippen LogP contribution in [-0.2, 0) is 4.79 Å². The summed E-state index contributed by atoms with van der Waals surface area (Å²) in [4.78, 5) is 30.6. The number of benzene rings is 3. The maximum Gasteiger partial charge on any atom is 0.319 e. The molecule has 0 unspecified atom stereocenters. The summed E-state index contributed by atoms with van der Waals surface area (Å²) in [7, 11) is 0. The molecule has 7 rings (SSSR count). The predicted octanol–water partition coefficient (Wildman–Crippen LogP) is 6.76. The lowest BCUT2D eigenvalue weighted by molar-refractivity contribution is -0.131. The van der Waals surface area contributed by atoms with Crippen LogP contribution in [0.4, 0.5) is 23.4 Å². The van der Waals surface area contributed by atoms with E-state index in [9.17, 15) is 18.0 Å². The molecule has 0 radical (unpaired) electrons. The third-order valence-corrected chi connectivity index (χ3v) is 10.1.